The van der Waals surface area contributed by atoms with Crippen LogP contribution in [0.2, 0.25) is 0 Å². The van der Waals surface area contributed by atoms with Gasteiger partial charge in [0.1, 0.15) is 5.82 Å². The molecule has 4 aromatic rings. The third-order valence-corrected chi connectivity index (χ3v) is 6.54. The predicted octanol–water partition coefficient (Wildman–Crippen LogP) is 2.70. The Kier molecular flexibility index (Phi) is 6.08. The lowest BCUT2D eigenvalue weighted by Gasteiger charge is -2.33. The van der Waals surface area contributed by atoms with Crippen molar-refractivity contribution in [2.45, 2.75) is 13.0 Å². The zero-order valence-corrected chi connectivity index (χ0v) is 19.5. The number of carbonyl (C=O) groups excluding carboxylic acids is 1. The first-order chi connectivity index (χ1) is 16.5. The van der Waals surface area contributed by atoms with E-state index in [0.717, 1.165) is 59.6 Å². The van der Waals surface area contributed by atoms with Crippen molar-refractivity contribution in [2.24, 2.45) is 7.05 Å². The highest BCUT2D eigenvalue weighted by atomic mass is 16.3. The zero-order chi connectivity index (χ0) is 23.7. The second-order valence-electron chi connectivity index (χ2n) is 8.82. The molecule has 1 aromatic carbocycles. The number of pyridine rings is 2. The fourth-order valence-corrected chi connectivity index (χ4v) is 4.38. The van der Waals surface area contributed by atoms with Crippen LogP contribution in [-0.2, 0) is 20.1 Å². The number of anilines is 1. The van der Waals surface area contributed by atoms with Crippen LogP contribution in [0.25, 0.3) is 21.9 Å². The number of nitrogens with zero attached hydrogens (tertiary/aromatic N) is 6. The standard InChI is InChI=1S/C26H28N6O2/c1-30-7-9-32(10-8-30)26-6-5-20(15-28-26)25(34)13-22-12-21-11-18(3-4-19(21)14-27-22)23-16-29-31(2)24(23)17-33/h3-6,11-12,14-16,33H,7-10,13,17H2,1-2H3. The summed E-state index contributed by atoms with van der Waals surface area (Å²) in [5, 5.41) is 15.9. The molecule has 8 nitrogen and oxygen atoms in total. The number of benzene rings is 1. The number of fused-ring (bicyclic) bond motifs is 1. The molecule has 5 rings (SSSR count). The molecular formula is C26H28N6O2. The molecule has 3 aromatic heterocycles. The molecule has 174 valence electrons. The van der Waals surface area contributed by atoms with Gasteiger partial charge in [0.05, 0.1) is 24.9 Å². The van der Waals surface area contributed by atoms with E-state index in [4.69, 9.17) is 0 Å². The van der Waals surface area contributed by atoms with Gasteiger partial charge in [-0.05, 0) is 42.3 Å². The fraction of sp³-hybridized carbons (Fsp3) is 0.308. The lowest BCUT2D eigenvalue weighted by Crippen LogP contribution is -2.44. The summed E-state index contributed by atoms with van der Waals surface area (Å²) in [6.45, 7) is 3.83. The first kappa shape index (κ1) is 22.2. The molecule has 0 radical (unpaired) electrons. The maximum Gasteiger partial charge on any atom is 0.170 e. The average molecular weight is 457 g/mol. The van der Waals surface area contributed by atoms with E-state index in [1.807, 2.05) is 43.4 Å². The number of aromatic nitrogens is 4. The molecule has 0 aliphatic carbocycles. The monoisotopic (exact) mass is 456 g/mol. The van der Waals surface area contributed by atoms with Crippen LogP contribution in [0.3, 0.4) is 0 Å². The summed E-state index contributed by atoms with van der Waals surface area (Å²) in [4.78, 5) is 26.5. The summed E-state index contributed by atoms with van der Waals surface area (Å²) >= 11 is 0. The fourth-order valence-electron chi connectivity index (χ4n) is 4.38. The van der Waals surface area contributed by atoms with Gasteiger partial charge in [0.25, 0.3) is 0 Å². The molecule has 1 N–H and O–H groups in total. The van der Waals surface area contributed by atoms with Crippen molar-refractivity contribution in [1.82, 2.24) is 24.6 Å². The van der Waals surface area contributed by atoms with Crippen LogP contribution in [-0.4, -0.2) is 68.8 Å². The Bertz CT molecular complexity index is 1320. The number of aryl methyl sites for hydroxylation is 1. The maximum atomic E-state index is 12.9. The molecule has 1 saturated heterocycles. The van der Waals surface area contributed by atoms with Gasteiger partial charge in [-0.15, -0.1) is 0 Å². The Labute approximate surface area is 198 Å². The van der Waals surface area contributed by atoms with E-state index in [9.17, 15) is 9.90 Å². The molecule has 4 heterocycles. The van der Waals surface area contributed by atoms with E-state index < -0.39 is 0 Å². The number of carbonyl (C=O) groups is 1. The molecule has 0 bridgehead atoms. The van der Waals surface area contributed by atoms with Gasteiger partial charge in [0.15, 0.2) is 5.78 Å². The van der Waals surface area contributed by atoms with Gasteiger partial charge in [-0.2, -0.15) is 5.10 Å². The summed E-state index contributed by atoms with van der Waals surface area (Å²) in [5.41, 5.74) is 3.93. The van der Waals surface area contributed by atoms with E-state index in [1.54, 1.807) is 23.3 Å². The number of hydrogen-bond acceptors (Lipinski definition) is 7. The van der Waals surface area contributed by atoms with Crippen LogP contribution in [0.15, 0.2) is 55.0 Å². The van der Waals surface area contributed by atoms with Crippen molar-refractivity contribution in [3.8, 4) is 11.1 Å². The van der Waals surface area contributed by atoms with E-state index in [0.29, 0.717) is 11.3 Å². The van der Waals surface area contributed by atoms with E-state index in [2.05, 4.69) is 31.9 Å². The summed E-state index contributed by atoms with van der Waals surface area (Å²) in [5.74, 6) is 0.911. The Hall–Kier alpha value is -3.62. The van der Waals surface area contributed by atoms with Crippen LogP contribution in [0, 0.1) is 0 Å². The highest BCUT2D eigenvalue weighted by molar-refractivity contribution is 5.97. The van der Waals surface area contributed by atoms with E-state index >= 15 is 0 Å². The summed E-state index contributed by atoms with van der Waals surface area (Å²) < 4.78 is 1.68. The zero-order valence-electron chi connectivity index (χ0n) is 19.5. The summed E-state index contributed by atoms with van der Waals surface area (Å²) in [6.07, 6.45) is 5.45. The largest absolute Gasteiger partial charge is 0.390 e. The minimum atomic E-state index is -0.0817. The second-order valence-corrected chi connectivity index (χ2v) is 8.82. The predicted molar refractivity (Wildman–Crippen MR) is 132 cm³/mol. The number of rotatable bonds is 6. The third-order valence-electron chi connectivity index (χ3n) is 6.54. The van der Waals surface area contributed by atoms with Crippen molar-refractivity contribution < 1.29 is 9.90 Å². The van der Waals surface area contributed by atoms with Gasteiger partial charge >= 0.3 is 0 Å². The van der Waals surface area contributed by atoms with Crippen LogP contribution in [0.1, 0.15) is 21.7 Å². The van der Waals surface area contributed by atoms with E-state index in [1.165, 1.54) is 0 Å². The van der Waals surface area contributed by atoms with Crippen molar-refractivity contribution in [2.75, 3.05) is 38.1 Å². The van der Waals surface area contributed by atoms with Gasteiger partial charge in [-0.25, -0.2) is 4.98 Å². The smallest absolute Gasteiger partial charge is 0.170 e. The van der Waals surface area contributed by atoms with Gasteiger partial charge < -0.3 is 14.9 Å². The molecule has 1 aliphatic rings. The number of aliphatic hydroxyl groups excluding tert-OH is 1. The molecule has 8 heteroatoms. The highest BCUT2D eigenvalue weighted by Crippen LogP contribution is 2.27. The van der Waals surface area contributed by atoms with Gasteiger partial charge in [0, 0.05) is 67.8 Å². The number of aliphatic hydroxyl groups is 1. The van der Waals surface area contributed by atoms with Crippen molar-refractivity contribution in [3.63, 3.8) is 0 Å². The number of hydrogen-bond donors (Lipinski definition) is 1. The molecule has 0 atom stereocenters. The Morgan fingerprint density at radius 3 is 2.50 bits per heavy atom. The molecule has 1 aliphatic heterocycles. The number of ketones is 1. The number of likely N-dealkylation sites (N-methyl/N-ethyl adjacent to an activating group) is 1. The normalized spacial score (nSPS) is 14.6. The van der Waals surface area contributed by atoms with Gasteiger partial charge in [0.2, 0.25) is 0 Å². The van der Waals surface area contributed by atoms with Gasteiger partial charge in [-0.3, -0.25) is 14.5 Å². The maximum absolute atomic E-state index is 12.9. The molecular weight excluding hydrogens is 428 g/mol. The van der Waals surface area contributed by atoms with Gasteiger partial charge in [-0.1, -0.05) is 12.1 Å². The van der Waals surface area contributed by atoms with Crippen molar-refractivity contribution in [1.29, 1.82) is 0 Å². The molecule has 1 fully saturated rings. The van der Waals surface area contributed by atoms with Crippen molar-refractivity contribution in [3.05, 3.63) is 71.9 Å². The topological polar surface area (TPSA) is 87.4 Å². The lowest BCUT2D eigenvalue weighted by molar-refractivity contribution is 0.0991. The Morgan fingerprint density at radius 2 is 1.76 bits per heavy atom. The van der Waals surface area contributed by atoms with Crippen LogP contribution >= 0.6 is 0 Å². The molecule has 0 saturated carbocycles. The van der Waals surface area contributed by atoms with E-state index in [-0.39, 0.29) is 18.8 Å². The van der Waals surface area contributed by atoms with Crippen molar-refractivity contribution >= 4 is 22.4 Å². The van der Waals surface area contributed by atoms with Crippen LogP contribution < -0.4 is 4.90 Å². The minimum absolute atomic E-state index is 0.00439. The Morgan fingerprint density at radius 1 is 0.941 bits per heavy atom. The highest BCUT2D eigenvalue weighted by Gasteiger charge is 2.16. The second kappa shape index (κ2) is 9.32. The number of Topliss-reactive ketones (excluding diaryl/α,β-unsaturated/α-hetero) is 1. The summed E-state index contributed by atoms with van der Waals surface area (Å²) in [7, 11) is 3.94. The SMILES string of the molecule is CN1CCN(c2ccc(C(=O)Cc3cc4cc(-c5cnn(C)c5CO)ccc4cn3)cn2)CC1. The Balaban J connectivity index is 1.33. The lowest BCUT2D eigenvalue weighted by atomic mass is 10.0. The summed E-state index contributed by atoms with van der Waals surface area (Å²) in [6, 6.07) is 11.8. The third kappa shape index (κ3) is 4.42. The quantitative estimate of drug-likeness (QED) is 0.447. The first-order valence-electron chi connectivity index (χ1n) is 11.5. The molecule has 0 unspecified atom stereocenters. The average Bonchev–Trinajstić information content (AvgIpc) is 3.24. The minimum Gasteiger partial charge on any atom is -0.390 e. The molecule has 0 amide bonds. The first-order valence-corrected chi connectivity index (χ1v) is 11.5. The number of piperazine rings is 1. The van der Waals surface area contributed by atoms with Crippen LogP contribution in [0.4, 0.5) is 5.82 Å². The molecule has 0 spiro atoms. The molecule has 34 heavy (non-hydrogen) atoms. The van der Waals surface area contributed by atoms with Crippen LogP contribution in [0.5, 0.6) is 0 Å².